The molecule has 4 aliphatic heterocycles. The van der Waals surface area contributed by atoms with E-state index in [4.69, 9.17) is 16.6 Å². The number of nitrogens with zero attached hydrogens (tertiary/aromatic N) is 5. The average molecular weight is 623 g/mol. The highest BCUT2D eigenvalue weighted by Crippen LogP contribution is 2.50. The van der Waals surface area contributed by atoms with Crippen LogP contribution < -0.4 is 15.9 Å². The summed E-state index contributed by atoms with van der Waals surface area (Å²) in [5, 5.41) is 18.8. The summed E-state index contributed by atoms with van der Waals surface area (Å²) in [6, 6.07) is 8.44. The lowest BCUT2D eigenvalue weighted by Gasteiger charge is -2.38. The summed E-state index contributed by atoms with van der Waals surface area (Å²) in [6.07, 6.45) is 2.32. The van der Waals surface area contributed by atoms with Crippen molar-refractivity contribution in [1.82, 2.24) is 24.7 Å². The standard InChI is InChI=1S/C31H35ClN6O2S2/c1-2-35-7-9-36(10-8-35)15-20-16-42-29-27(24-17-41-26-6-5-21(39)11-22(24)26)25(32)12-23-28(29)38(20)31(40)34-30(23)37-13-18-3-4-19(14-37)33-18/h5-6,11-12,17-20,33,39H,2-4,7-10,13-16H2,1H3. The summed E-state index contributed by atoms with van der Waals surface area (Å²) in [6.45, 7) is 10.0. The number of piperazine rings is 2. The Bertz CT molecular complexity index is 1740. The fraction of sp³-hybridized carbons (Fsp3) is 0.484. The number of phenolic OH excluding ortho intramolecular Hbond substituents is 1. The summed E-state index contributed by atoms with van der Waals surface area (Å²) < 4.78 is 3.08. The second kappa shape index (κ2) is 10.7. The van der Waals surface area contributed by atoms with E-state index >= 15 is 0 Å². The maximum absolute atomic E-state index is 14.1. The highest BCUT2D eigenvalue weighted by Gasteiger charge is 2.36. The molecule has 4 aliphatic rings. The number of likely N-dealkylation sites (N-methyl/N-ethyl adjacent to an activating group) is 1. The zero-order valence-electron chi connectivity index (χ0n) is 23.7. The van der Waals surface area contributed by atoms with Crippen LogP contribution in [0.5, 0.6) is 5.75 Å². The number of rotatable bonds is 5. The SMILES string of the molecule is CCN1CCN(CC2CSc3c(-c4csc5ccc(O)cc45)c(Cl)cc4c(N5CC6CCC(C5)N6)nc(=O)n2c34)CC1. The molecule has 3 fully saturated rings. The molecule has 8 rings (SSSR count). The molecule has 2 aromatic heterocycles. The van der Waals surface area contributed by atoms with Crippen molar-refractivity contribution in [2.24, 2.45) is 0 Å². The number of thioether (sulfide) groups is 1. The van der Waals surface area contributed by atoms with Gasteiger partial charge in [0.15, 0.2) is 0 Å². The lowest BCUT2D eigenvalue weighted by atomic mass is 10.0. The fourth-order valence-electron chi connectivity index (χ4n) is 7.45. The van der Waals surface area contributed by atoms with Gasteiger partial charge in [-0.25, -0.2) is 4.79 Å². The van der Waals surface area contributed by atoms with Crippen molar-refractivity contribution < 1.29 is 5.11 Å². The Balaban J connectivity index is 1.30. The molecule has 4 aromatic rings. The van der Waals surface area contributed by atoms with Crippen LogP contribution in [0.2, 0.25) is 5.02 Å². The van der Waals surface area contributed by atoms with Gasteiger partial charge in [0.05, 0.1) is 16.6 Å². The molecule has 42 heavy (non-hydrogen) atoms. The minimum absolute atomic E-state index is 0.0312. The molecule has 0 aliphatic carbocycles. The third-order valence-electron chi connectivity index (χ3n) is 9.61. The minimum Gasteiger partial charge on any atom is -0.508 e. The summed E-state index contributed by atoms with van der Waals surface area (Å²) >= 11 is 10.7. The highest BCUT2D eigenvalue weighted by atomic mass is 35.5. The van der Waals surface area contributed by atoms with Gasteiger partial charge in [0.2, 0.25) is 0 Å². The second-order valence-corrected chi connectivity index (χ2v) is 14.5. The Morgan fingerprint density at radius 2 is 1.83 bits per heavy atom. The normalized spacial score (nSPS) is 24.7. The lowest BCUT2D eigenvalue weighted by molar-refractivity contribution is 0.126. The van der Waals surface area contributed by atoms with Crippen molar-refractivity contribution in [3.63, 3.8) is 0 Å². The van der Waals surface area contributed by atoms with Crippen molar-refractivity contribution >= 4 is 61.5 Å². The predicted molar refractivity (Wildman–Crippen MR) is 174 cm³/mol. The number of hydrogen-bond acceptors (Lipinski definition) is 9. The van der Waals surface area contributed by atoms with Crippen LogP contribution in [0.4, 0.5) is 5.82 Å². The van der Waals surface area contributed by atoms with Crippen molar-refractivity contribution in [2.75, 3.05) is 63.0 Å². The molecule has 8 nitrogen and oxygen atoms in total. The number of halogens is 1. The summed E-state index contributed by atoms with van der Waals surface area (Å²) in [5.41, 5.74) is 2.75. The minimum atomic E-state index is -0.164. The Kier molecular flexibility index (Phi) is 6.92. The largest absolute Gasteiger partial charge is 0.508 e. The molecule has 3 saturated heterocycles. The van der Waals surface area contributed by atoms with Gasteiger partial charge in [0, 0.05) is 95.1 Å². The zero-order valence-corrected chi connectivity index (χ0v) is 26.1. The lowest BCUT2D eigenvalue weighted by Crippen LogP contribution is -2.52. The Morgan fingerprint density at radius 1 is 1.07 bits per heavy atom. The first-order valence-electron chi connectivity index (χ1n) is 15.0. The van der Waals surface area contributed by atoms with Crippen LogP contribution in [0.25, 0.3) is 32.1 Å². The summed E-state index contributed by atoms with van der Waals surface area (Å²) in [7, 11) is 0. The molecule has 220 valence electrons. The Morgan fingerprint density at radius 3 is 2.60 bits per heavy atom. The van der Waals surface area contributed by atoms with Crippen LogP contribution >= 0.6 is 34.7 Å². The average Bonchev–Trinajstić information content (AvgIpc) is 3.56. The molecule has 0 amide bonds. The van der Waals surface area contributed by atoms with Crippen molar-refractivity contribution in [1.29, 1.82) is 0 Å². The molecule has 2 bridgehead atoms. The van der Waals surface area contributed by atoms with Crippen LogP contribution in [0.15, 0.2) is 39.3 Å². The van der Waals surface area contributed by atoms with Gasteiger partial charge >= 0.3 is 5.69 Å². The highest BCUT2D eigenvalue weighted by molar-refractivity contribution is 7.99. The van der Waals surface area contributed by atoms with E-state index in [2.05, 4.69) is 32.3 Å². The third-order valence-corrected chi connectivity index (χ3v) is 12.1. The van der Waals surface area contributed by atoms with Gasteiger partial charge in [0.25, 0.3) is 0 Å². The molecule has 2 aromatic carbocycles. The summed E-state index contributed by atoms with van der Waals surface area (Å²) in [5.74, 6) is 1.79. The fourth-order valence-corrected chi connectivity index (χ4v) is 10.1. The Hall–Kier alpha value is -2.34. The van der Waals surface area contributed by atoms with E-state index in [1.54, 1.807) is 17.4 Å². The van der Waals surface area contributed by atoms with E-state index in [0.29, 0.717) is 17.1 Å². The maximum atomic E-state index is 14.1. The maximum Gasteiger partial charge on any atom is 0.350 e. The summed E-state index contributed by atoms with van der Waals surface area (Å²) in [4.78, 5) is 27.3. The molecule has 0 spiro atoms. The van der Waals surface area contributed by atoms with Crippen molar-refractivity contribution in [2.45, 2.75) is 42.8 Å². The first-order valence-corrected chi connectivity index (χ1v) is 17.3. The molecular formula is C31H35ClN6O2S2. The van der Waals surface area contributed by atoms with Crippen LogP contribution in [0.3, 0.4) is 0 Å². The van der Waals surface area contributed by atoms with E-state index in [1.807, 2.05) is 34.5 Å². The smallest absolute Gasteiger partial charge is 0.350 e. The number of nitrogens with one attached hydrogen (secondary N) is 1. The van der Waals surface area contributed by atoms with E-state index in [-0.39, 0.29) is 17.5 Å². The molecule has 3 atom stereocenters. The number of benzene rings is 2. The monoisotopic (exact) mass is 622 g/mol. The van der Waals surface area contributed by atoms with Gasteiger partial charge in [0.1, 0.15) is 11.6 Å². The van der Waals surface area contributed by atoms with Gasteiger partial charge in [-0.05, 0) is 49.0 Å². The molecule has 0 saturated carbocycles. The van der Waals surface area contributed by atoms with Gasteiger partial charge in [-0.15, -0.1) is 23.1 Å². The number of hydrogen-bond donors (Lipinski definition) is 2. The molecule has 2 N–H and O–H groups in total. The Labute approximate surface area is 258 Å². The molecule has 0 radical (unpaired) electrons. The van der Waals surface area contributed by atoms with Crippen LogP contribution in [0.1, 0.15) is 25.8 Å². The van der Waals surface area contributed by atoms with Crippen LogP contribution in [-0.4, -0.2) is 94.7 Å². The first-order chi connectivity index (χ1) is 20.5. The second-order valence-electron chi connectivity index (χ2n) is 12.1. The topological polar surface area (TPSA) is 76.9 Å². The van der Waals surface area contributed by atoms with E-state index in [1.165, 1.54) is 0 Å². The number of anilines is 1. The predicted octanol–water partition coefficient (Wildman–Crippen LogP) is 4.86. The third kappa shape index (κ3) is 4.53. The number of fused-ring (bicyclic) bond motifs is 3. The van der Waals surface area contributed by atoms with E-state index in [0.717, 1.165) is 114 Å². The van der Waals surface area contributed by atoms with Crippen LogP contribution in [-0.2, 0) is 0 Å². The molecule has 3 unspecified atom stereocenters. The van der Waals surface area contributed by atoms with Gasteiger partial charge < -0.3 is 20.2 Å². The number of aromatic nitrogens is 2. The zero-order chi connectivity index (χ0) is 28.5. The van der Waals surface area contributed by atoms with E-state index in [9.17, 15) is 9.90 Å². The molecular weight excluding hydrogens is 588 g/mol. The number of phenols is 1. The van der Waals surface area contributed by atoms with E-state index < -0.39 is 0 Å². The number of aromatic hydroxyl groups is 1. The van der Waals surface area contributed by atoms with Gasteiger partial charge in [-0.2, -0.15) is 4.98 Å². The van der Waals surface area contributed by atoms with Crippen molar-refractivity contribution in [3.8, 4) is 16.9 Å². The quantitative estimate of drug-likeness (QED) is 0.327. The molecule has 6 heterocycles. The van der Waals surface area contributed by atoms with Crippen molar-refractivity contribution in [3.05, 3.63) is 45.2 Å². The van der Waals surface area contributed by atoms with Crippen LogP contribution in [0, 0.1) is 0 Å². The number of thiophene rings is 1. The first kappa shape index (κ1) is 27.2. The van der Waals surface area contributed by atoms with Gasteiger partial charge in [-0.3, -0.25) is 9.47 Å². The molecule has 11 heteroatoms. The van der Waals surface area contributed by atoms with Gasteiger partial charge in [-0.1, -0.05) is 18.5 Å².